The normalized spacial score (nSPS) is 12.4. The first-order valence-electron chi connectivity index (χ1n) is 5.43. The number of hydrogen-bond acceptors (Lipinski definition) is 2. The molecular formula is C10H21NO3S. The van der Waals surface area contributed by atoms with E-state index in [2.05, 4.69) is 13.0 Å². The molecule has 0 aromatic heterocycles. The maximum atomic E-state index is 10.3. The Kier molecular flexibility index (Phi) is 8.65. The fourth-order valence-electron chi connectivity index (χ4n) is 1.20. The number of allylic oxidation sites excluding steroid dienone is 1. The SMILES string of the molecule is CCCCCC/C=C\CCNS(=O)(=O)O. The summed E-state index contributed by atoms with van der Waals surface area (Å²) in [5.41, 5.74) is 0. The number of nitrogens with one attached hydrogen (secondary N) is 1. The van der Waals surface area contributed by atoms with Crippen molar-refractivity contribution in [3.05, 3.63) is 12.2 Å². The minimum absolute atomic E-state index is 0.254. The standard InChI is InChI=1S/C10H21NO3S/c1-2-3-4-5-6-7-8-9-10-11-15(12,13)14/h7-8,11H,2-6,9-10H2,1H3,(H,12,13,14)/b8-7-. The van der Waals surface area contributed by atoms with Crippen LogP contribution in [0.5, 0.6) is 0 Å². The van der Waals surface area contributed by atoms with Gasteiger partial charge in [-0.05, 0) is 19.3 Å². The van der Waals surface area contributed by atoms with Gasteiger partial charge in [0.2, 0.25) is 0 Å². The van der Waals surface area contributed by atoms with Crippen molar-refractivity contribution >= 4 is 10.3 Å². The van der Waals surface area contributed by atoms with Gasteiger partial charge in [0.1, 0.15) is 0 Å². The van der Waals surface area contributed by atoms with E-state index in [-0.39, 0.29) is 6.54 Å². The zero-order chi connectivity index (χ0) is 11.6. The predicted molar refractivity (Wildman–Crippen MR) is 62.1 cm³/mol. The molecule has 0 radical (unpaired) electrons. The molecule has 0 saturated heterocycles. The molecule has 0 bridgehead atoms. The molecule has 0 fully saturated rings. The molecule has 0 amide bonds. The highest BCUT2D eigenvalue weighted by atomic mass is 32.2. The van der Waals surface area contributed by atoms with E-state index < -0.39 is 10.3 Å². The first-order valence-corrected chi connectivity index (χ1v) is 6.87. The second-order valence-electron chi connectivity index (χ2n) is 3.48. The molecule has 0 atom stereocenters. The molecule has 15 heavy (non-hydrogen) atoms. The van der Waals surface area contributed by atoms with Crippen LogP contribution in [0.1, 0.15) is 45.4 Å². The molecule has 0 aliphatic rings. The van der Waals surface area contributed by atoms with Gasteiger partial charge < -0.3 is 0 Å². The average molecular weight is 235 g/mol. The molecule has 0 aromatic rings. The van der Waals surface area contributed by atoms with Crippen LogP contribution in [0.2, 0.25) is 0 Å². The summed E-state index contributed by atoms with van der Waals surface area (Å²) < 4.78 is 30.9. The Morgan fingerprint density at radius 3 is 2.40 bits per heavy atom. The van der Waals surface area contributed by atoms with Crippen molar-refractivity contribution in [2.24, 2.45) is 0 Å². The van der Waals surface area contributed by atoms with Crippen LogP contribution in [0.3, 0.4) is 0 Å². The van der Waals surface area contributed by atoms with Gasteiger partial charge in [-0.1, -0.05) is 38.3 Å². The van der Waals surface area contributed by atoms with E-state index in [1.54, 1.807) is 0 Å². The fraction of sp³-hybridized carbons (Fsp3) is 0.800. The van der Waals surface area contributed by atoms with Gasteiger partial charge in [0, 0.05) is 6.54 Å². The van der Waals surface area contributed by atoms with Crippen molar-refractivity contribution in [2.75, 3.05) is 6.54 Å². The van der Waals surface area contributed by atoms with Gasteiger partial charge in [-0.15, -0.1) is 0 Å². The smallest absolute Gasteiger partial charge is 0.273 e. The molecule has 4 nitrogen and oxygen atoms in total. The highest BCUT2D eigenvalue weighted by Gasteiger charge is 1.98. The summed E-state index contributed by atoms with van der Waals surface area (Å²) in [4.78, 5) is 0. The molecule has 2 N–H and O–H groups in total. The number of unbranched alkanes of at least 4 members (excludes halogenated alkanes) is 4. The maximum Gasteiger partial charge on any atom is 0.333 e. The molecule has 0 unspecified atom stereocenters. The Hall–Kier alpha value is -0.390. The maximum absolute atomic E-state index is 10.3. The van der Waals surface area contributed by atoms with Gasteiger partial charge in [-0.3, -0.25) is 4.55 Å². The van der Waals surface area contributed by atoms with E-state index >= 15 is 0 Å². The molecule has 90 valence electrons. The predicted octanol–water partition coefficient (Wildman–Crippen LogP) is 2.30. The van der Waals surface area contributed by atoms with E-state index in [0.717, 1.165) is 6.42 Å². The van der Waals surface area contributed by atoms with Crippen LogP contribution in [-0.4, -0.2) is 19.5 Å². The first-order chi connectivity index (χ1) is 7.06. The zero-order valence-corrected chi connectivity index (χ0v) is 10.1. The van der Waals surface area contributed by atoms with E-state index in [1.807, 2.05) is 10.8 Å². The van der Waals surface area contributed by atoms with Crippen molar-refractivity contribution in [2.45, 2.75) is 45.4 Å². The molecule has 0 aromatic carbocycles. The van der Waals surface area contributed by atoms with Gasteiger partial charge in [0.25, 0.3) is 0 Å². The number of hydrogen-bond donors (Lipinski definition) is 2. The van der Waals surface area contributed by atoms with Crippen LogP contribution >= 0.6 is 0 Å². The van der Waals surface area contributed by atoms with Crippen molar-refractivity contribution in [1.29, 1.82) is 0 Å². The van der Waals surface area contributed by atoms with E-state index in [9.17, 15) is 8.42 Å². The van der Waals surface area contributed by atoms with Gasteiger partial charge in [-0.25, -0.2) is 0 Å². The highest BCUT2D eigenvalue weighted by Crippen LogP contribution is 2.02. The Bertz CT molecular complexity index is 260. The molecular weight excluding hydrogens is 214 g/mol. The lowest BCUT2D eigenvalue weighted by Crippen LogP contribution is -2.23. The fourth-order valence-corrected chi connectivity index (χ4v) is 1.57. The number of rotatable bonds is 9. The van der Waals surface area contributed by atoms with E-state index in [1.165, 1.54) is 25.7 Å². The van der Waals surface area contributed by atoms with Crippen LogP contribution < -0.4 is 4.72 Å². The van der Waals surface area contributed by atoms with Crippen LogP contribution in [-0.2, 0) is 10.3 Å². The summed E-state index contributed by atoms with van der Waals surface area (Å²) in [6.07, 6.45) is 10.6. The monoisotopic (exact) mass is 235 g/mol. The minimum atomic E-state index is -4.01. The van der Waals surface area contributed by atoms with E-state index in [4.69, 9.17) is 4.55 Å². The van der Waals surface area contributed by atoms with Gasteiger partial charge in [0.05, 0.1) is 0 Å². The Labute approximate surface area is 92.6 Å². The van der Waals surface area contributed by atoms with Crippen molar-refractivity contribution in [1.82, 2.24) is 4.72 Å². The minimum Gasteiger partial charge on any atom is -0.273 e. The van der Waals surface area contributed by atoms with Gasteiger partial charge in [0.15, 0.2) is 0 Å². The molecule has 0 aliphatic carbocycles. The molecule has 0 heterocycles. The Morgan fingerprint density at radius 2 is 1.80 bits per heavy atom. The molecule has 0 saturated carbocycles. The van der Waals surface area contributed by atoms with Gasteiger partial charge >= 0.3 is 10.3 Å². The summed E-state index contributed by atoms with van der Waals surface area (Å²) in [5.74, 6) is 0. The summed E-state index contributed by atoms with van der Waals surface area (Å²) in [5, 5.41) is 0. The third-order valence-corrected chi connectivity index (χ3v) is 2.56. The highest BCUT2D eigenvalue weighted by molar-refractivity contribution is 7.83. The van der Waals surface area contributed by atoms with E-state index in [0.29, 0.717) is 6.42 Å². The third-order valence-electron chi connectivity index (χ3n) is 1.99. The van der Waals surface area contributed by atoms with Crippen LogP contribution in [0.15, 0.2) is 12.2 Å². The van der Waals surface area contributed by atoms with Crippen LogP contribution in [0.4, 0.5) is 0 Å². The quantitative estimate of drug-likeness (QED) is 0.366. The lowest BCUT2D eigenvalue weighted by Gasteiger charge is -1.97. The molecule has 5 heteroatoms. The Morgan fingerprint density at radius 1 is 1.13 bits per heavy atom. The lowest BCUT2D eigenvalue weighted by molar-refractivity contribution is 0.468. The third kappa shape index (κ3) is 13.6. The second kappa shape index (κ2) is 8.88. The summed E-state index contributed by atoms with van der Waals surface area (Å²) >= 11 is 0. The summed E-state index contributed by atoms with van der Waals surface area (Å²) in [6, 6.07) is 0. The topological polar surface area (TPSA) is 66.4 Å². The first kappa shape index (κ1) is 14.6. The van der Waals surface area contributed by atoms with Crippen LogP contribution in [0, 0.1) is 0 Å². The molecule has 0 rings (SSSR count). The molecule has 0 spiro atoms. The Balaban J connectivity index is 3.25. The van der Waals surface area contributed by atoms with Crippen molar-refractivity contribution < 1.29 is 13.0 Å². The van der Waals surface area contributed by atoms with Crippen molar-refractivity contribution in [3.63, 3.8) is 0 Å². The van der Waals surface area contributed by atoms with Crippen molar-refractivity contribution in [3.8, 4) is 0 Å². The molecule has 0 aliphatic heterocycles. The lowest BCUT2D eigenvalue weighted by atomic mass is 10.1. The summed E-state index contributed by atoms with van der Waals surface area (Å²) in [7, 11) is -4.01. The van der Waals surface area contributed by atoms with Crippen LogP contribution in [0.25, 0.3) is 0 Å². The average Bonchev–Trinajstić information content (AvgIpc) is 2.14. The second-order valence-corrected chi connectivity index (χ2v) is 4.72. The largest absolute Gasteiger partial charge is 0.333 e. The zero-order valence-electron chi connectivity index (χ0n) is 9.28. The van der Waals surface area contributed by atoms with Gasteiger partial charge in [-0.2, -0.15) is 13.1 Å². The summed E-state index contributed by atoms with van der Waals surface area (Å²) in [6.45, 7) is 2.43.